The number of carbonyl (C=O) groups is 2. The number of esters is 1. The van der Waals surface area contributed by atoms with Crippen LogP contribution in [0.2, 0.25) is 0 Å². The Kier molecular flexibility index (Phi) is 10.1. The van der Waals surface area contributed by atoms with Crippen LogP contribution in [0.1, 0.15) is 26.2 Å². The molecule has 0 fully saturated rings. The number of ether oxygens (including phenoxy) is 2. The molecule has 1 N–H and O–H groups in total. The first-order chi connectivity index (χ1) is 8.95. The van der Waals surface area contributed by atoms with Crippen LogP contribution in [0.5, 0.6) is 0 Å². The number of carbonyl (C=O) groups excluding carboxylic acids is 2. The Morgan fingerprint density at radius 1 is 1.37 bits per heavy atom. The summed E-state index contributed by atoms with van der Waals surface area (Å²) < 4.78 is 37.4. The summed E-state index contributed by atoms with van der Waals surface area (Å²) in [6, 6.07) is 0. The Morgan fingerprint density at radius 2 is 2.05 bits per heavy atom. The van der Waals surface area contributed by atoms with Gasteiger partial charge < -0.3 is 14.0 Å². The van der Waals surface area contributed by atoms with Crippen molar-refractivity contribution in [2.75, 3.05) is 20.1 Å². The second-order valence-electron chi connectivity index (χ2n) is 3.56. The number of hydrogen-bond donors (Lipinski definition) is 1. The van der Waals surface area contributed by atoms with E-state index in [4.69, 9.17) is 0 Å². The Labute approximate surface area is 111 Å². The van der Waals surface area contributed by atoms with Gasteiger partial charge >= 0.3 is 12.1 Å². The molecule has 0 saturated heterocycles. The molecule has 0 bridgehead atoms. The Balaban J connectivity index is 3.62. The first-order valence-electron chi connectivity index (χ1n) is 5.82. The highest BCUT2D eigenvalue weighted by molar-refractivity contribution is 7.38. The summed E-state index contributed by atoms with van der Waals surface area (Å²) in [4.78, 5) is 21.9. The molecule has 0 aromatic heterocycles. The summed E-state index contributed by atoms with van der Waals surface area (Å²) in [5.41, 5.74) is 0. The van der Waals surface area contributed by atoms with Gasteiger partial charge in [0, 0.05) is 19.5 Å². The third kappa shape index (κ3) is 11.7. The smallest absolute Gasteiger partial charge is 0.412 e. The van der Waals surface area contributed by atoms with Crippen LogP contribution in [0.4, 0.5) is 9.18 Å². The van der Waals surface area contributed by atoms with Crippen molar-refractivity contribution in [3.63, 3.8) is 0 Å². The van der Waals surface area contributed by atoms with Crippen LogP contribution < -0.4 is 5.32 Å². The van der Waals surface area contributed by atoms with Gasteiger partial charge in [0.2, 0.25) is 6.79 Å². The Hall–Kier alpha value is -1.14. The van der Waals surface area contributed by atoms with E-state index in [0.717, 1.165) is 0 Å². The van der Waals surface area contributed by atoms with Crippen molar-refractivity contribution in [2.24, 2.45) is 0 Å². The van der Waals surface area contributed by atoms with Gasteiger partial charge in [0.15, 0.2) is 14.3 Å². The summed E-state index contributed by atoms with van der Waals surface area (Å²) in [5, 5.41) is 1.87. The van der Waals surface area contributed by atoms with Gasteiger partial charge in [0.1, 0.15) is 0 Å². The van der Waals surface area contributed by atoms with Gasteiger partial charge in [0.05, 0.1) is 6.61 Å². The van der Waals surface area contributed by atoms with Crippen molar-refractivity contribution in [3.05, 3.63) is 0 Å². The summed E-state index contributed by atoms with van der Waals surface area (Å²) >= 11 is 0. The number of amides is 1. The third-order valence-electron chi connectivity index (χ3n) is 1.82. The van der Waals surface area contributed by atoms with E-state index in [-0.39, 0.29) is 19.4 Å². The van der Waals surface area contributed by atoms with Crippen molar-refractivity contribution < 1.29 is 32.5 Å². The maximum absolute atomic E-state index is 13.1. The number of halogens is 1. The Bertz CT molecular complexity index is 314. The highest BCUT2D eigenvalue weighted by atomic mass is 31.1. The topological polar surface area (TPSA) is 90.9 Å². The summed E-state index contributed by atoms with van der Waals surface area (Å²) in [6.07, 6.45) is -2.02. The van der Waals surface area contributed by atoms with Gasteiger partial charge in [-0.3, -0.25) is 14.7 Å². The molecular weight excluding hydrogens is 280 g/mol. The zero-order valence-corrected chi connectivity index (χ0v) is 11.9. The predicted molar refractivity (Wildman–Crippen MR) is 65.9 cm³/mol. The number of alkyl carbamates (subject to hydrolysis) is 1. The molecule has 0 radical (unpaired) electrons. The van der Waals surface area contributed by atoms with Gasteiger partial charge in [-0.2, -0.15) is 0 Å². The minimum atomic E-state index is -2.11. The largest absolute Gasteiger partial charge is 0.428 e. The SMILES string of the molecule is CCCC(=O)OCOC(=O)NC(F)CCO[PH](C)=O. The van der Waals surface area contributed by atoms with E-state index >= 15 is 0 Å². The number of nitrogens with one attached hydrogen (secondary N) is 1. The maximum Gasteiger partial charge on any atom is 0.412 e. The Morgan fingerprint density at radius 3 is 2.63 bits per heavy atom. The fraction of sp³-hybridized carbons (Fsp3) is 0.800. The molecule has 9 heteroatoms. The lowest BCUT2D eigenvalue weighted by Gasteiger charge is -2.11. The average molecular weight is 299 g/mol. The molecule has 0 aromatic carbocycles. The van der Waals surface area contributed by atoms with Gasteiger partial charge in [-0.25, -0.2) is 9.18 Å². The van der Waals surface area contributed by atoms with Crippen molar-refractivity contribution in [2.45, 2.75) is 32.5 Å². The minimum Gasteiger partial charge on any atom is -0.428 e. The van der Waals surface area contributed by atoms with E-state index in [2.05, 4.69) is 14.0 Å². The molecule has 2 unspecified atom stereocenters. The van der Waals surface area contributed by atoms with Crippen LogP contribution in [0.25, 0.3) is 0 Å². The van der Waals surface area contributed by atoms with Crippen molar-refractivity contribution >= 4 is 20.1 Å². The average Bonchev–Trinajstić information content (AvgIpc) is 2.28. The van der Waals surface area contributed by atoms with E-state index in [0.29, 0.717) is 6.42 Å². The van der Waals surface area contributed by atoms with Crippen LogP contribution in [-0.4, -0.2) is 38.4 Å². The number of hydrogen-bond acceptors (Lipinski definition) is 6. The van der Waals surface area contributed by atoms with Crippen molar-refractivity contribution in [1.29, 1.82) is 0 Å². The molecule has 2 atom stereocenters. The molecule has 0 heterocycles. The molecule has 0 rings (SSSR count). The number of alkyl halides is 1. The van der Waals surface area contributed by atoms with Gasteiger partial charge in [-0.15, -0.1) is 0 Å². The minimum absolute atomic E-state index is 0.0682. The molecular formula is C10H19FNO6P. The summed E-state index contributed by atoms with van der Waals surface area (Å²) in [5.74, 6) is -0.492. The second kappa shape index (κ2) is 10.8. The molecule has 0 saturated carbocycles. The fourth-order valence-electron chi connectivity index (χ4n) is 0.973. The molecule has 0 aliphatic rings. The second-order valence-corrected chi connectivity index (χ2v) is 4.83. The third-order valence-corrected chi connectivity index (χ3v) is 2.43. The predicted octanol–water partition coefficient (Wildman–Crippen LogP) is 1.82. The van der Waals surface area contributed by atoms with E-state index in [9.17, 15) is 18.5 Å². The first kappa shape index (κ1) is 17.9. The maximum atomic E-state index is 13.1. The quantitative estimate of drug-likeness (QED) is 0.302. The molecule has 7 nitrogen and oxygen atoms in total. The molecule has 19 heavy (non-hydrogen) atoms. The molecule has 0 aliphatic heterocycles. The van der Waals surface area contributed by atoms with Crippen LogP contribution in [0.3, 0.4) is 0 Å². The van der Waals surface area contributed by atoms with E-state index in [1.54, 1.807) is 6.92 Å². The lowest BCUT2D eigenvalue weighted by molar-refractivity contribution is -0.151. The first-order valence-corrected chi connectivity index (χ1v) is 7.63. The van der Waals surface area contributed by atoms with Crippen LogP contribution in [0.15, 0.2) is 0 Å². The van der Waals surface area contributed by atoms with Crippen LogP contribution >= 0.6 is 8.03 Å². The van der Waals surface area contributed by atoms with Gasteiger partial charge in [-0.05, 0) is 6.42 Å². The van der Waals surface area contributed by atoms with Crippen molar-refractivity contribution in [1.82, 2.24) is 5.32 Å². The lowest BCUT2D eigenvalue weighted by atomic mass is 10.3. The highest BCUT2D eigenvalue weighted by Gasteiger charge is 2.12. The highest BCUT2D eigenvalue weighted by Crippen LogP contribution is 2.15. The molecule has 0 spiro atoms. The van der Waals surface area contributed by atoms with E-state index < -0.39 is 33.2 Å². The summed E-state index contributed by atoms with van der Waals surface area (Å²) in [7, 11) is -2.11. The lowest BCUT2D eigenvalue weighted by Crippen LogP contribution is -2.33. The molecule has 1 amide bonds. The molecule has 0 aliphatic carbocycles. The van der Waals surface area contributed by atoms with Gasteiger partial charge in [-0.1, -0.05) is 6.92 Å². The summed E-state index contributed by atoms with van der Waals surface area (Å²) in [6.45, 7) is 2.55. The fourth-order valence-corrected chi connectivity index (χ4v) is 1.38. The zero-order valence-electron chi connectivity index (χ0n) is 10.9. The standard InChI is InChI=1S/C10H19FNO6P/c1-3-4-9(13)16-7-17-10(14)12-8(11)5-6-18-19(2)15/h8,19H,3-7H2,1-2H3,(H,12,14). The van der Waals surface area contributed by atoms with Crippen LogP contribution in [-0.2, 0) is 23.4 Å². The van der Waals surface area contributed by atoms with Crippen LogP contribution in [0, 0.1) is 0 Å². The van der Waals surface area contributed by atoms with Gasteiger partial charge in [0.25, 0.3) is 0 Å². The molecule has 0 aromatic rings. The van der Waals surface area contributed by atoms with E-state index in [1.165, 1.54) is 6.66 Å². The molecule has 112 valence electrons. The normalized spacial score (nSPS) is 13.4. The monoisotopic (exact) mass is 299 g/mol. The number of rotatable bonds is 9. The zero-order chi connectivity index (χ0) is 14.7. The van der Waals surface area contributed by atoms with Crippen molar-refractivity contribution in [3.8, 4) is 0 Å². The van der Waals surface area contributed by atoms with E-state index in [1.807, 2.05) is 5.32 Å².